The number of nitrogens with zero attached hydrogens (tertiary/aromatic N) is 6. The third kappa shape index (κ3) is 3.40. The predicted octanol–water partition coefficient (Wildman–Crippen LogP) is 2.59. The van der Waals surface area contributed by atoms with Gasteiger partial charge in [0.1, 0.15) is 12.1 Å². The first kappa shape index (κ1) is 16.2. The highest BCUT2D eigenvalue weighted by molar-refractivity contribution is 5.88. The summed E-state index contributed by atoms with van der Waals surface area (Å²) in [6.07, 6.45) is 8.90. The lowest BCUT2D eigenvalue weighted by Crippen LogP contribution is -2.38. The Kier molecular flexibility index (Phi) is 4.56. The molecule has 3 aromatic heterocycles. The van der Waals surface area contributed by atoms with Crippen molar-refractivity contribution in [1.29, 1.82) is 5.26 Å². The van der Waals surface area contributed by atoms with Gasteiger partial charge in [-0.05, 0) is 25.0 Å². The van der Waals surface area contributed by atoms with E-state index in [1.165, 1.54) is 0 Å². The van der Waals surface area contributed by atoms with Crippen LogP contribution in [0.5, 0.6) is 5.88 Å². The summed E-state index contributed by atoms with van der Waals surface area (Å²) in [5.74, 6) is 1.83. The molecule has 0 radical (unpaired) electrons. The van der Waals surface area contributed by atoms with Crippen molar-refractivity contribution >= 4 is 16.7 Å². The van der Waals surface area contributed by atoms with E-state index in [0.29, 0.717) is 24.0 Å². The number of pyridine rings is 2. The fourth-order valence-corrected chi connectivity index (χ4v) is 3.30. The Bertz CT molecular complexity index is 949. The first-order valence-corrected chi connectivity index (χ1v) is 8.62. The van der Waals surface area contributed by atoms with Crippen LogP contribution in [-0.4, -0.2) is 39.6 Å². The average molecular weight is 346 g/mol. The van der Waals surface area contributed by atoms with E-state index in [-0.39, 0.29) is 0 Å². The van der Waals surface area contributed by atoms with E-state index >= 15 is 0 Å². The van der Waals surface area contributed by atoms with Crippen LogP contribution < -0.4 is 9.64 Å². The lowest BCUT2D eigenvalue weighted by Gasteiger charge is -2.33. The van der Waals surface area contributed by atoms with E-state index in [1.807, 2.05) is 6.07 Å². The lowest BCUT2D eigenvalue weighted by molar-refractivity contribution is 0.221. The quantitative estimate of drug-likeness (QED) is 0.717. The van der Waals surface area contributed by atoms with Crippen LogP contribution in [-0.2, 0) is 0 Å². The fraction of sp³-hybridized carbons (Fsp3) is 0.316. The minimum atomic E-state index is 0.378. The molecule has 1 unspecified atom stereocenters. The number of hydrogen-bond donors (Lipinski definition) is 0. The first-order valence-electron chi connectivity index (χ1n) is 8.62. The van der Waals surface area contributed by atoms with E-state index in [9.17, 15) is 0 Å². The number of piperidine rings is 1. The molecule has 1 aliphatic rings. The fourth-order valence-electron chi connectivity index (χ4n) is 3.30. The van der Waals surface area contributed by atoms with Crippen LogP contribution in [0.25, 0.3) is 10.9 Å². The minimum Gasteiger partial charge on any atom is -0.477 e. The van der Waals surface area contributed by atoms with Gasteiger partial charge in [0.05, 0.1) is 30.0 Å². The summed E-state index contributed by atoms with van der Waals surface area (Å²) in [6, 6.07) is 7.41. The summed E-state index contributed by atoms with van der Waals surface area (Å²) >= 11 is 0. The summed E-state index contributed by atoms with van der Waals surface area (Å²) in [6.45, 7) is 2.41. The molecule has 1 atom stereocenters. The largest absolute Gasteiger partial charge is 0.477 e. The number of fused-ring (bicyclic) bond motifs is 1. The van der Waals surface area contributed by atoms with Crippen molar-refractivity contribution in [3.8, 4) is 11.9 Å². The van der Waals surface area contributed by atoms with E-state index in [4.69, 9.17) is 10.00 Å². The van der Waals surface area contributed by atoms with Gasteiger partial charge in [0.2, 0.25) is 5.88 Å². The Morgan fingerprint density at radius 2 is 2.19 bits per heavy atom. The number of aromatic nitrogens is 4. The maximum atomic E-state index is 8.97. The van der Waals surface area contributed by atoms with Gasteiger partial charge in [-0.3, -0.25) is 4.98 Å². The highest BCUT2D eigenvalue weighted by Crippen LogP contribution is 2.27. The van der Waals surface area contributed by atoms with E-state index in [1.54, 1.807) is 37.1 Å². The van der Waals surface area contributed by atoms with Crippen LogP contribution in [0.15, 0.2) is 43.1 Å². The third-order valence-corrected chi connectivity index (χ3v) is 4.57. The van der Waals surface area contributed by atoms with Gasteiger partial charge in [-0.1, -0.05) is 0 Å². The lowest BCUT2D eigenvalue weighted by atomic mass is 9.98. The highest BCUT2D eigenvalue weighted by atomic mass is 16.5. The third-order valence-electron chi connectivity index (χ3n) is 4.57. The maximum Gasteiger partial charge on any atom is 0.214 e. The Hall–Kier alpha value is -3.27. The molecule has 0 N–H and O–H groups in total. The molecule has 130 valence electrons. The molecule has 26 heavy (non-hydrogen) atoms. The number of rotatable bonds is 4. The van der Waals surface area contributed by atoms with Gasteiger partial charge in [0.25, 0.3) is 0 Å². The predicted molar refractivity (Wildman–Crippen MR) is 96.7 cm³/mol. The Labute approximate surface area is 151 Å². The van der Waals surface area contributed by atoms with Gasteiger partial charge >= 0.3 is 0 Å². The summed E-state index contributed by atoms with van der Waals surface area (Å²) < 4.78 is 5.83. The second kappa shape index (κ2) is 7.31. The molecule has 4 rings (SSSR count). The summed E-state index contributed by atoms with van der Waals surface area (Å²) in [4.78, 5) is 19.4. The Morgan fingerprint density at radius 1 is 1.23 bits per heavy atom. The number of anilines is 1. The smallest absolute Gasteiger partial charge is 0.214 e. The Morgan fingerprint density at radius 3 is 3.12 bits per heavy atom. The molecule has 0 aliphatic carbocycles. The van der Waals surface area contributed by atoms with E-state index < -0.39 is 0 Å². The second-order valence-corrected chi connectivity index (χ2v) is 6.35. The van der Waals surface area contributed by atoms with Gasteiger partial charge in [-0.15, -0.1) is 0 Å². The van der Waals surface area contributed by atoms with Crippen molar-refractivity contribution in [3.63, 3.8) is 0 Å². The molecule has 0 aromatic carbocycles. The molecule has 0 amide bonds. The van der Waals surface area contributed by atoms with Gasteiger partial charge in [0, 0.05) is 42.9 Å². The molecular formula is C19H18N6O. The molecule has 1 fully saturated rings. The average Bonchev–Trinajstić information content (AvgIpc) is 2.72. The molecule has 1 saturated heterocycles. The van der Waals surface area contributed by atoms with Crippen molar-refractivity contribution in [3.05, 3.63) is 48.7 Å². The standard InChI is InChI=1S/C19H18N6O/c20-9-14-3-6-22-18(8-14)26-12-15-2-1-7-25(11-15)19-16-4-5-21-10-17(16)23-13-24-19/h3-6,8,10,13,15H,1-2,7,11-12H2. The molecule has 0 spiro atoms. The first-order chi connectivity index (χ1) is 12.8. The van der Waals surface area contributed by atoms with Gasteiger partial charge in [-0.2, -0.15) is 5.26 Å². The van der Waals surface area contributed by atoms with Crippen LogP contribution in [0.1, 0.15) is 18.4 Å². The normalized spacial score (nSPS) is 17.0. The van der Waals surface area contributed by atoms with E-state index in [0.717, 1.165) is 42.7 Å². The second-order valence-electron chi connectivity index (χ2n) is 6.35. The molecule has 0 saturated carbocycles. The zero-order valence-corrected chi connectivity index (χ0v) is 14.2. The molecule has 7 heteroatoms. The summed E-state index contributed by atoms with van der Waals surface area (Å²) in [5.41, 5.74) is 1.41. The number of hydrogen-bond acceptors (Lipinski definition) is 7. The molecule has 0 bridgehead atoms. The minimum absolute atomic E-state index is 0.378. The van der Waals surface area contributed by atoms with E-state index in [2.05, 4.69) is 30.9 Å². The number of ether oxygens (including phenoxy) is 1. The molecular weight excluding hydrogens is 328 g/mol. The SMILES string of the molecule is N#Cc1ccnc(OCC2CCCN(c3ncnc4cnccc34)C2)c1. The van der Waals surface area contributed by atoms with Crippen molar-refractivity contribution in [2.75, 3.05) is 24.6 Å². The van der Waals surface area contributed by atoms with Crippen LogP contribution in [0.3, 0.4) is 0 Å². The Balaban J connectivity index is 1.46. The van der Waals surface area contributed by atoms with Crippen LogP contribution in [0.2, 0.25) is 0 Å². The molecule has 4 heterocycles. The van der Waals surface area contributed by atoms with Crippen molar-refractivity contribution in [2.45, 2.75) is 12.8 Å². The monoisotopic (exact) mass is 346 g/mol. The summed E-state index contributed by atoms with van der Waals surface area (Å²) in [7, 11) is 0. The molecule has 7 nitrogen and oxygen atoms in total. The van der Waals surface area contributed by atoms with Crippen molar-refractivity contribution < 1.29 is 4.74 Å². The van der Waals surface area contributed by atoms with Crippen molar-refractivity contribution in [2.24, 2.45) is 5.92 Å². The van der Waals surface area contributed by atoms with Crippen LogP contribution in [0, 0.1) is 17.2 Å². The van der Waals surface area contributed by atoms with Crippen molar-refractivity contribution in [1.82, 2.24) is 19.9 Å². The zero-order valence-electron chi connectivity index (χ0n) is 14.2. The maximum absolute atomic E-state index is 8.97. The van der Waals surface area contributed by atoms with Gasteiger partial charge in [0.15, 0.2) is 0 Å². The summed E-state index contributed by atoms with van der Waals surface area (Å²) in [5, 5.41) is 9.99. The highest BCUT2D eigenvalue weighted by Gasteiger charge is 2.23. The van der Waals surface area contributed by atoms with Gasteiger partial charge in [-0.25, -0.2) is 15.0 Å². The zero-order chi connectivity index (χ0) is 17.8. The molecule has 1 aliphatic heterocycles. The number of nitriles is 1. The molecule has 3 aromatic rings. The van der Waals surface area contributed by atoms with Gasteiger partial charge < -0.3 is 9.64 Å². The van der Waals surface area contributed by atoms with Crippen LogP contribution >= 0.6 is 0 Å². The van der Waals surface area contributed by atoms with Crippen LogP contribution in [0.4, 0.5) is 5.82 Å². The topological polar surface area (TPSA) is 87.8 Å².